The van der Waals surface area contributed by atoms with Crippen molar-refractivity contribution in [3.05, 3.63) is 174 Å². The maximum absolute atomic E-state index is 2.46. The largest absolute Gasteiger partial charge is 0.310 e. The number of rotatable bonds is 6. The molecule has 1 aliphatic rings. The number of allylic oxidation sites excluding steroid dienone is 1. The molecule has 0 fully saturated rings. The number of aryl methyl sites for hydroxylation is 1. The SMILES string of the molecule is C1=Cc2sc3cc(N(c4ccc5c(c4)sc4c(N(c6ccccc6)c6ccccc6)cccc45)c4ccc5sc6ccccc6c5c4)ccc3c2CC1. The van der Waals surface area contributed by atoms with E-state index in [1.165, 1.54) is 77.9 Å². The van der Waals surface area contributed by atoms with Crippen LogP contribution in [0.3, 0.4) is 0 Å². The topological polar surface area (TPSA) is 6.48 Å². The number of nitrogens with zero attached hydrogens (tertiary/aromatic N) is 2. The van der Waals surface area contributed by atoms with Crippen LogP contribution in [-0.2, 0) is 6.42 Å². The highest BCUT2D eigenvalue weighted by Crippen LogP contribution is 2.48. The lowest BCUT2D eigenvalue weighted by molar-refractivity contribution is 1.01. The maximum Gasteiger partial charge on any atom is 0.0640 e. The summed E-state index contributed by atoms with van der Waals surface area (Å²) in [5.41, 5.74) is 8.49. The summed E-state index contributed by atoms with van der Waals surface area (Å²) in [6, 6.07) is 58.1. The van der Waals surface area contributed by atoms with Crippen molar-refractivity contribution in [1.29, 1.82) is 0 Å². The molecule has 53 heavy (non-hydrogen) atoms. The summed E-state index contributed by atoms with van der Waals surface area (Å²) in [4.78, 5) is 6.25. The van der Waals surface area contributed by atoms with E-state index in [0.717, 1.165) is 29.9 Å². The Balaban J connectivity index is 1.11. The average molecular weight is 733 g/mol. The molecule has 7 aromatic carbocycles. The van der Waals surface area contributed by atoms with Gasteiger partial charge < -0.3 is 9.80 Å². The van der Waals surface area contributed by atoms with Crippen LogP contribution in [0.4, 0.5) is 34.1 Å². The van der Waals surface area contributed by atoms with Gasteiger partial charge in [0.2, 0.25) is 0 Å². The molecule has 0 atom stereocenters. The van der Waals surface area contributed by atoms with Gasteiger partial charge in [0.25, 0.3) is 0 Å². The zero-order valence-electron chi connectivity index (χ0n) is 28.7. The molecular weight excluding hydrogens is 701 g/mol. The Kier molecular flexibility index (Phi) is 7.25. The highest BCUT2D eigenvalue weighted by molar-refractivity contribution is 7.26. The van der Waals surface area contributed by atoms with Crippen molar-refractivity contribution in [2.24, 2.45) is 0 Å². The third kappa shape index (κ3) is 5.11. The van der Waals surface area contributed by atoms with E-state index in [2.05, 4.69) is 180 Å². The molecule has 3 aromatic heterocycles. The van der Waals surface area contributed by atoms with Gasteiger partial charge in [-0.05, 0) is 109 Å². The van der Waals surface area contributed by atoms with Crippen LogP contribution in [0.5, 0.6) is 0 Å². The van der Waals surface area contributed by atoms with Crippen molar-refractivity contribution in [1.82, 2.24) is 0 Å². The second-order valence-electron chi connectivity index (χ2n) is 13.6. The van der Waals surface area contributed by atoms with Gasteiger partial charge in [0, 0.05) is 73.7 Å². The Morgan fingerprint density at radius 3 is 1.81 bits per heavy atom. The van der Waals surface area contributed by atoms with Crippen LogP contribution in [0.1, 0.15) is 16.9 Å². The fourth-order valence-electron chi connectivity index (χ4n) is 8.08. The maximum atomic E-state index is 2.46. The Morgan fingerprint density at radius 1 is 0.396 bits per heavy atom. The first-order valence-corrected chi connectivity index (χ1v) is 20.5. The molecule has 0 unspecified atom stereocenters. The van der Waals surface area contributed by atoms with E-state index in [4.69, 9.17) is 0 Å². The Bertz CT molecular complexity index is 2980. The molecule has 0 aliphatic heterocycles. The second-order valence-corrected chi connectivity index (χ2v) is 16.8. The molecule has 0 bridgehead atoms. The summed E-state index contributed by atoms with van der Waals surface area (Å²) in [6.07, 6.45) is 6.87. The molecule has 0 amide bonds. The van der Waals surface area contributed by atoms with E-state index in [1.807, 2.05) is 34.0 Å². The molecular formula is C48H32N2S3. The summed E-state index contributed by atoms with van der Waals surface area (Å²) in [7, 11) is 0. The lowest BCUT2D eigenvalue weighted by atomic mass is 10.0. The van der Waals surface area contributed by atoms with Crippen LogP contribution in [0, 0.1) is 0 Å². The smallest absolute Gasteiger partial charge is 0.0640 e. The summed E-state index contributed by atoms with van der Waals surface area (Å²) >= 11 is 5.67. The predicted molar refractivity (Wildman–Crippen MR) is 234 cm³/mol. The zero-order valence-corrected chi connectivity index (χ0v) is 31.1. The quantitative estimate of drug-likeness (QED) is 0.168. The number of benzene rings is 7. The molecule has 11 rings (SSSR count). The first-order chi connectivity index (χ1) is 26.3. The van der Waals surface area contributed by atoms with Gasteiger partial charge in [-0.2, -0.15) is 0 Å². The molecule has 3 heterocycles. The number of hydrogen-bond donors (Lipinski definition) is 0. The number of fused-ring (bicyclic) bond motifs is 9. The average Bonchev–Trinajstić information content (AvgIpc) is 3.90. The normalized spacial score (nSPS) is 12.7. The third-order valence-electron chi connectivity index (χ3n) is 10.5. The summed E-state index contributed by atoms with van der Waals surface area (Å²) in [5.74, 6) is 0. The first kappa shape index (κ1) is 30.9. The number of thiophene rings is 3. The molecule has 1 aliphatic carbocycles. The molecule has 0 spiro atoms. The van der Waals surface area contributed by atoms with E-state index >= 15 is 0 Å². The molecule has 10 aromatic rings. The van der Waals surface area contributed by atoms with Gasteiger partial charge in [0.15, 0.2) is 0 Å². The molecule has 2 nitrogen and oxygen atoms in total. The van der Waals surface area contributed by atoms with Crippen LogP contribution in [-0.4, -0.2) is 0 Å². The van der Waals surface area contributed by atoms with Crippen LogP contribution >= 0.6 is 34.0 Å². The summed E-state index contributed by atoms with van der Waals surface area (Å²) < 4.78 is 6.55. The van der Waals surface area contributed by atoms with Crippen LogP contribution in [0.2, 0.25) is 0 Å². The molecule has 0 N–H and O–H groups in total. The standard InChI is InChI=1S/C48H32N2S3/c1-3-12-31(13-4-1)50(32-14-5-2-6-15-32)42-19-11-18-40-39-26-23-35(30-47(39)53-48(40)42)49(33-24-27-45-41(28-33)37-17-8-10-21-44(37)51-45)34-22-25-38-36-16-7-9-20-43(36)52-46(38)29-34/h1-6,8-15,17-30H,7,16H2. The minimum absolute atomic E-state index is 1.12. The van der Waals surface area contributed by atoms with Gasteiger partial charge in [-0.25, -0.2) is 0 Å². The van der Waals surface area contributed by atoms with E-state index in [-0.39, 0.29) is 0 Å². The van der Waals surface area contributed by atoms with Crippen molar-refractivity contribution in [3.8, 4) is 0 Å². The van der Waals surface area contributed by atoms with Crippen molar-refractivity contribution in [3.63, 3.8) is 0 Å². The minimum Gasteiger partial charge on any atom is -0.310 e. The van der Waals surface area contributed by atoms with Crippen LogP contribution in [0.15, 0.2) is 164 Å². The molecule has 0 radical (unpaired) electrons. The molecule has 0 saturated heterocycles. The van der Waals surface area contributed by atoms with Gasteiger partial charge in [0.05, 0.1) is 10.4 Å². The Hall–Kier alpha value is -5.72. The van der Waals surface area contributed by atoms with Crippen molar-refractivity contribution in [2.45, 2.75) is 12.8 Å². The highest BCUT2D eigenvalue weighted by atomic mass is 32.1. The van der Waals surface area contributed by atoms with E-state index in [9.17, 15) is 0 Å². The van der Waals surface area contributed by atoms with E-state index in [1.54, 1.807) is 0 Å². The lowest BCUT2D eigenvalue weighted by Crippen LogP contribution is -2.09. The minimum atomic E-state index is 1.12. The number of anilines is 6. The fourth-order valence-corrected chi connectivity index (χ4v) is 11.6. The van der Waals surface area contributed by atoms with Gasteiger partial charge in [-0.15, -0.1) is 34.0 Å². The van der Waals surface area contributed by atoms with Gasteiger partial charge in [-0.3, -0.25) is 0 Å². The zero-order chi connectivity index (χ0) is 34.9. The van der Waals surface area contributed by atoms with E-state index < -0.39 is 0 Å². The monoisotopic (exact) mass is 732 g/mol. The van der Waals surface area contributed by atoms with Crippen molar-refractivity contribution < 1.29 is 0 Å². The Morgan fingerprint density at radius 2 is 1.02 bits per heavy atom. The summed E-state index contributed by atoms with van der Waals surface area (Å²) in [5, 5.41) is 6.58. The fraction of sp³-hybridized carbons (Fsp3) is 0.0417. The lowest BCUT2D eigenvalue weighted by Gasteiger charge is -2.26. The number of para-hydroxylation sites is 2. The molecule has 0 saturated carbocycles. The second kappa shape index (κ2) is 12.5. The molecule has 5 heteroatoms. The van der Waals surface area contributed by atoms with Crippen LogP contribution < -0.4 is 9.80 Å². The molecule has 252 valence electrons. The summed E-state index contributed by atoms with van der Waals surface area (Å²) in [6.45, 7) is 0. The van der Waals surface area contributed by atoms with Crippen molar-refractivity contribution in [2.75, 3.05) is 9.80 Å². The van der Waals surface area contributed by atoms with Crippen LogP contribution in [0.25, 0.3) is 56.5 Å². The first-order valence-electron chi connectivity index (χ1n) is 18.1. The predicted octanol–water partition coefficient (Wildman–Crippen LogP) is 15.5. The van der Waals surface area contributed by atoms with E-state index in [0.29, 0.717) is 0 Å². The highest BCUT2D eigenvalue weighted by Gasteiger charge is 2.21. The van der Waals surface area contributed by atoms with Crippen molar-refractivity contribution >= 4 is 125 Å². The third-order valence-corrected chi connectivity index (χ3v) is 14.0. The van der Waals surface area contributed by atoms with Gasteiger partial charge in [0.1, 0.15) is 0 Å². The Labute approximate surface area is 319 Å². The van der Waals surface area contributed by atoms with Gasteiger partial charge >= 0.3 is 0 Å². The number of hydrogen-bond acceptors (Lipinski definition) is 5. The van der Waals surface area contributed by atoms with Gasteiger partial charge in [-0.1, -0.05) is 84.9 Å².